The van der Waals surface area contributed by atoms with Gasteiger partial charge in [0.25, 0.3) is 0 Å². The molecule has 0 aromatic heterocycles. The highest BCUT2D eigenvalue weighted by molar-refractivity contribution is 7.98. The number of aliphatic carboxylic acids is 1. The fourth-order valence-electron chi connectivity index (χ4n) is 2.22. The van der Waals surface area contributed by atoms with Gasteiger partial charge in [-0.15, -0.1) is 0 Å². The van der Waals surface area contributed by atoms with E-state index in [1.54, 1.807) is 13.8 Å². The largest absolute Gasteiger partial charge is 0.481 e. The number of thioether (sulfide) groups is 1. The molecule has 2 nitrogen and oxygen atoms in total. The van der Waals surface area contributed by atoms with Crippen molar-refractivity contribution in [3.63, 3.8) is 0 Å². The summed E-state index contributed by atoms with van der Waals surface area (Å²) in [5.41, 5.74) is 3.45. The fraction of sp³-hybridized carbons (Fsp3) is 0.588. The number of benzene rings is 1. The SMILES string of the molecule is Cc1cc(C)cc(CSCCCCC(C)(C)C(=O)O)c1. The highest BCUT2D eigenvalue weighted by Crippen LogP contribution is 2.24. The second-order valence-corrected chi connectivity index (χ2v) is 7.30. The van der Waals surface area contributed by atoms with Crippen LogP contribution in [0.2, 0.25) is 0 Å². The van der Waals surface area contributed by atoms with E-state index in [-0.39, 0.29) is 0 Å². The molecule has 0 aliphatic carbocycles. The summed E-state index contributed by atoms with van der Waals surface area (Å²) in [5.74, 6) is 1.45. The van der Waals surface area contributed by atoms with E-state index in [1.807, 2.05) is 11.8 Å². The molecule has 0 unspecified atom stereocenters. The average Bonchev–Trinajstić information content (AvgIpc) is 2.32. The van der Waals surface area contributed by atoms with Crippen LogP contribution in [0.15, 0.2) is 18.2 Å². The minimum atomic E-state index is -0.694. The molecule has 0 radical (unpaired) electrons. The van der Waals surface area contributed by atoms with E-state index in [0.717, 1.165) is 30.8 Å². The highest BCUT2D eigenvalue weighted by atomic mass is 32.2. The minimum absolute atomic E-state index is 0.585. The van der Waals surface area contributed by atoms with Crippen LogP contribution in [-0.4, -0.2) is 16.8 Å². The predicted molar refractivity (Wildman–Crippen MR) is 87.3 cm³/mol. The second-order valence-electron chi connectivity index (χ2n) is 6.19. The third-order valence-electron chi connectivity index (χ3n) is 3.47. The van der Waals surface area contributed by atoms with Crippen LogP contribution in [0.5, 0.6) is 0 Å². The van der Waals surface area contributed by atoms with E-state index in [9.17, 15) is 4.79 Å². The predicted octanol–water partition coefficient (Wildman–Crippen LogP) is 4.82. The van der Waals surface area contributed by atoms with Crippen LogP contribution < -0.4 is 0 Å². The van der Waals surface area contributed by atoms with E-state index in [0.29, 0.717) is 0 Å². The van der Waals surface area contributed by atoms with Crippen LogP contribution in [0.4, 0.5) is 0 Å². The van der Waals surface area contributed by atoms with Gasteiger partial charge < -0.3 is 5.11 Å². The van der Waals surface area contributed by atoms with E-state index in [1.165, 1.54) is 16.7 Å². The van der Waals surface area contributed by atoms with E-state index in [4.69, 9.17) is 5.11 Å². The second kappa shape index (κ2) is 7.72. The summed E-state index contributed by atoms with van der Waals surface area (Å²) in [6, 6.07) is 6.68. The van der Waals surface area contributed by atoms with Gasteiger partial charge in [-0.05, 0) is 51.9 Å². The summed E-state index contributed by atoms with van der Waals surface area (Å²) >= 11 is 1.94. The molecular weight excluding hydrogens is 268 g/mol. The lowest BCUT2D eigenvalue weighted by atomic mass is 9.88. The molecule has 0 saturated carbocycles. The Bertz CT molecular complexity index is 432. The monoisotopic (exact) mass is 294 g/mol. The normalized spacial score (nSPS) is 11.6. The van der Waals surface area contributed by atoms with Crippen molar-refractivity contribution in [3.8, 4) is 0 Å². The van der Waals surface area contributed by atoms with Gasteiger partial charge in [-0.1, -0.05) is 35.7 Å². The van der Waals surface area contributed by atoms with Gasteiger partial charge >= 0.3 is 5.97 Å². The molecule has 1 N–H and O–H groups in total. The Morgan fingerprint density at radius 2 is 1.75 bits per heavy atom. The number of hydrogen-bond acceptors (Lipinski definition) is 2. The van der Waals surface area contributed by atoms with Crippen molar-refractivity contribution in [1.29, 1.82) is 0 Å². The fourth-order valence-corrected chi connectivity index (χ4v) is 3.18. The Hall–Kier alpha value is -0.960. The molecule has 0 fully saturated rings. The first-order chi connectivity index (χ1) is 9.31. The van der Waals surface area contributed by atoms with Crippen LogP contribution in [-0.2, 0) is 10.5 Å². The van der Waals surface area contributed by atoms with Gasteiger partial charge in [0.1, 0.15) is 0 Å². The Morgan fingerprint density at radius 1 is 1.15 bits per heavy atom. The van der Waals surface area contributed by atoms with Gasteiger partial charge in [-0.3, -0.25) is 4.79 Å². The molecule has 0 bridgehead atoms. The summed E-state index contributed by atoms with van der Waals surface area (Å²) in [4.78, 5) is 11.0. The van der Waals surface area contributed by atoms with E-state index >= 15 is 0 Å². The lowest BCUT2D eigenvalue weighted by Crippen LogP contribution is -2.23. The molecule has 1 rings (SSSR count). The molecule has 1 aromatic rings. The van der Waals surface area contributed by atoms with Crippen LogP contribution in [0.25, 0.3) is 0 Å². The molecule has 0 heterocycles. The maximum absolute atomic E-state index is 11.0. The standard InChI is InChI=1S/C17H26O2S/c1-13-9-14(2)11-15(10-13)12-20-8-6-5-7-17(3,4)16(18)19/h9-11H,5-8,12H2,1-4H3,(H,18,19). The summed E-state index contributed by atoms with van der Waals surface area (Å²) < 4.78 is 0. The topological polar surface area (TPSA) is 37.3 Å². The molecular formula is C17H26O2S. The van der Waals surface area contributed by atoms with Crippen LogP contribution >= 0.6 is 11.8 Å². The third kappa shape index (κ3) is 6.00. The molecule has 0 amide bonds. The molecule has 20 heavy (non-hydrogen) atoms. The number of carboxylic acid groups (broad SMARTS) is 1. The summed E-state index contributed by atoms with van der Waals surface area (Å²) in [5, 5.41) is 9.04. The Labute approximate surface area is 127 Å². The van der Waals surface area contributed by atoms with Crippen molar-refractivity contribution in [3.05, 3.63) is 34.9 Å². The Balaban J connectivity index is 2.21. The smallest absolute Gasteiger partial charge is 0.309 e. The number of aryl methyl sites for hydroxylation is 2. The van der Waals surface area contributed by atoms with Gasteiger partial charge in [-0.2, -0.15) is 11.8 Å². The molecule has 0 saturated heterocycles. The molecule has 0 spiro atoms. The van der Waals surface area contributed by atoms with Gasteiger partial charge in [0.05, 0.1) is 5.41 Å². The van der Waals surface area contributed by atoms with Crippen molar-refractivity contribution >= 4 is 17.7 Å². The van der Waals surface area contributed by atoms with E-state index in [2.05, 4.69) is 32.0 Å². The number of carbonyl (C=O) groups is 1. The van der Waals surface area contributed by atoms with Crippen molar-refractivity contribution in [1.82, 2.24) is 0 Å². The highest BCUT2D eigenvalue weighted by Gasteiger charge is 2.25. The summed E-state index contributed by atoms with van der Waals surface area (Å²) in [6.45, 7) is 7.88. The lowest BCUT2D eigenvalue weighted by Gasteiger charge is -2.18. The maximum atomic E-state index is 11.0. The first kappa shape index (κ1) is 17.1. The molecule has 112 valence electrons. The Kier molecular flexibility index (Phi) is 6.60. The van der Waals surface area contributed by atoms with Gasteiger partial charge in [0, 0.05) is 5.75 Å². The van der Waals surface area contributed by atoms with Crippen molar-refractivity contribution in [2.45, 2.75) is 52.7 Å². The van der Waals surface area contributed by atoms with Gasteiger partial charge in [0.15, 0.2) is 0 Å². The zero-order chi connectivity index (χ0) is 15.2. The summed E-state index contributed by atoms with van der Waals surface area (Å²) in [6.07, 6.45) is 2.83. The molecule has 0 aliphatic rings. The van der Waals surface area contributed by atoms with Crippen molar-refractivity contribution in [2.24, 2.45) is 5.41 Å². The quantitative estimate of drug-likeness (QED) is 0.699. The number of hydrogen-bond donors (Lipinski definition) is 1. The molecule has 0 aliphatic heterocycles. The number of unbranched alkanes of at least 4 members (excludes halogenated alkanes) is 1. The maximum Gasteiger partial charge on any atom is 0.309 e. The first-order valence-electron chi connectivity index (χ1n) is 7.19. The van der Waals surface area contributed by atoms with Crippen molar-refractivity contribution in [2.75, 3.05) is 5.75 Å². The van der Waals surface area contributed by atoms with Crippen LogP contribution in [0.1, 0.15) is 49.8 Å². The average molecular weight is 294 g/mol. The van der Waals surface area contributed by atoms with E-state index < -0.39 is 11.4 Å². The zero-order valence-corrected chi connectivity index (χ0v) is 13.8. The lowest BCUT2D eigenvalue weighted by molar-refractivity contribution is -0.147. The number of rotatable bonds is 8. The minimum Gasteiger partial charge on any atom is -0.481 e. The number of carboxylic acids is 1. The molecule has 3 heteroatoms. The first-order valence-corrected chi connectivity index (χ1v) is 8.35. The van der Waals surface area contributed by atoms with Gasteiger partial charge in [0.2, 0.25) is 0 Å². The van der Waals surface area contributed by atoms with Crippen molar-refractivity contribution < 1.29 is 9.90 Å². The molecule has 1 aromatic carbocycles. The zero-order valence-electron chi connectivity index (χ0n) is 13.0. The summed E-state index contributed by atoms with van der Waals surface area (Å²) in [7, 11) is 0. The van der Waals surface area contributed by atoms with Gasteiger partial charge in [-0.25, -0.2) is 0 Å². The van der Waals surface area contributed by atoms with Crippen LogP contribution in [0.3, 0.4) is 0 Å². The van der Waals surface area contributed by atoms with Crippen LogP contribution in [0, 0.1) is 19.3 Å². The third-order valence-corrected chi connectivity index (χ3v) is 4.58. The molecule has 0 atom stereocenters. The Morgan fingerprint density at radius 3 is 2.30 bits per heavy atom.